The van der Waals surface area contributed by atoms with E-state index in [-0.39, 0.29) is 11.8 Å². The summed E-state index contributed by atoms with van der Waals surface area (Å²) in [6, 6.07) is 7.88. The van der Waals surface area contributed by atoms with Gasteiger partial charge in [0.15, 0.2) is 0 Å². The van der Waals surface area contributed by atoms with Crippen LogP contribution in [0, 0.1) is 5.92 Å². The Hall–Kier alpha value is -1.57. The first kappa shape index (κ1) is 9.00. The molecule has 2 heteroatoms. The summed E-state index contributed by atoms with van der Waals surface area (Å²) in [5, 5.41) is 2.91. The van der Waals surface area contributed by atoms with Crippen molar-refractivity contribution in [2.75, 3.05) is 5.32 Å². The van der Waals surface area contributed by atoms with Gasteiger partial charge in [0, 0.05) is 11.3 Å². The van der Waals surface area contributed by atoms with Gasteiger partial charge in [-0.25, -0.2) is 0 Å². The first-order valence-electron chi connectivity index (χ1n) is 4.77. The highest BCUT2D eigenvalue weighted by Crippen LogP contribution is 2.27. The number of hydrogen-bond acceptors (Lipinski definition) is 1. The average Bonchev–Trinajstić information content (AvgIpc) is 2.27. The molecule has 0 saturated heterocycles. The van der Waals surface area contributed by atoms with Crippen LogP contribution in [0.3, 0.4) is 0 Å². The van der Waals surface area contributed by atoms with Crippen molar-refractivity contribution in [2.45, 2.75) is 13.8 Å². The van der Waals surface area contributed by atoms with E-state index in [1.165, 1.54) is 0 Å². The molecule has 1 heterocycles. The predicted molar refractivity (Wildman–Crippen MR) is 57.9 cm³/mol. The number of rotatable bonds is 0. The number of carbonyl (C=O) groups excluding carboxylic acids is 1. The maximum absolute atomic E-state index is 11.6. The van der Waals surface area contributed by atoms with Crippen LogP contribution in [0.15, 0.2) is 30.3 Å². The van der Waals surface area contributed by atoms with Crippen molar-refractivity contribution in [3.63, 3.8) is 0 Å². The summed E-state index contributed by atoms with van der Waals surface area (Å²) in [7, 11) is 0. The molecule has 2 nitrogen and oxygen atoms in total. The van der Waals surface area contributed by atoms with Crippen molar-refractivity contribution in [3.05, 3.63) is 35.9 Å². The molecule has 1 aliphatic heterocycles. The number of amides is 1. The van der Waals surface area contributed by atoms with Crippen LogP contribution in [0.2, 0.25) is 0 Å². The summed E-state index contributed by atoms with van der Waals surface area (Å²) in [4.78, 5) is 11.6. The minimum Gasteiger partial charge on any atom is -0.325 e. The van der Waals surface area contributed by atoms with Gasteiger partial charge in [-0.3, -0.25) is 4.79 Å². The van der Waals surface area contributed by atoms with E-state index < -0.39 is 0 Å². The van der Waals surface area contributed by atoms with E-state index >= 15 is 0 Å². The molecule has 0 aliphatic carbocycles. The Kier molecular flexibility index (Phi) is 2.12. The number of fused-ring (bicyclic) bond motifs is 1. The lowest BCUT2D eigenvalue weighted by atomic mass is 10.0. The molecule has 0 spiro atoms. The summed E-state index contributed by atoms with van der Waals surface area (Å²) < 4.78 is 0. The Labute approximate surface area is 83.6 Å². The fourth-order valence-electron chi connectivity index (χ4n) is 1.72. The molecule has 1 aliphatic rings. The highest BCUT2D eigenvalue weighted by atomic mass is 16.1. The van der Waals surface area contributed by atoms with Crippen molar-refractivity contribution in [2.24, 2.45) is 5.92 Å². The zero-order valence-corrected chi connectivity index (χ0v) is 8.37. The fraction of sp³-hybridized carbons (Fsp3) is 0.250. The number of anilines is 1. The number of allylic oxidation sites excluding steroid dienone is 1. The molecule has 2 rings (SSSR count). The summed E-state index contributed by atoms with van der Waals surface area (Å²) in [6.45, 7) is 3.94. The van der Waals surface area contributed by atoms with Gasteiger partial charge >= 0.3 is 0 Å². The molecular formula is C12H13NO. The van der Waals surface area contributed by atoms with E-state index in [1.54, 1.807) is 0 Å². The minimum absolute atomic E-state index is 0.0533. The third-order valence-electron chi connectivity index (χ3n) is 2.52. The highest BCUT2D eigenvalue weighted by molar-refractivity contribution is 5.99. The molecule has 1 aromatic carbocycles. The van der Waals surface area contributed by atoms with Crippen LogP contribution in [0.5, 0.6) is 0 Å². The van der Waals surface area contributed by atoms with Gasteiger partial charge in [-0.2, -0.15) is 0 Å². The van der Waals surface area contributed by atoms with Gasteiger partial charge in [0.25, 0.3) is 0 Å². The van der Waals surface area contributed by atoms with Crippen molar-refractivity contribution in [3.8, 4) is 0 Å². The number of nitrogens with one attached hydrogen (secondary N) is 1. The van der Waals surface area contributed by atoms with Crippen LogP contribution in [-0.4, -0.2) is 5.91 Å². The predicted octanol–water partition coefficient (Wildman–Crippen LogP) is 2.68. The molecule has 72 valence electrons. The van der Waals surface area contributed by atoms with Crippen molar-refractivity contribution in [1.82, 2.24) is 0 Å². The van der Waals surface area contributed by atoms with E-state index in [0.717, 1.165) is 16.8 Å². The maximum atomic E-state index is 11.6. The number of para-hydroxylation sites is 1. The number of benzene rings is 1. The largest absolute Gasteiger partial charge is 0.325 e. The molecule has 1 atom stereocenters. The summed E-state index contributed by atoms with van der Waals surface area (Å²) >= 11 is 0. The smallest absolute Gasteiger partial charge is 0.231 e. The minimum atomic E-state index is -0.0533. The molecule has 14 heavy (non-hydrogen) atoms. The van der Waals surface area contributed by atoms with Crippen LogP contribution >= 0.6 is 0 Å². The van der Waals surface area contributed by atoms with Crippen molar-refractivity contribution in [1.29, 1.82) is 0 Å². The topological polar surface area (TPSA) is 29.1 Å². The SMILES string of the molecule is CC1=CC(C)C(=O)Nc2ccccc21. The summed E-state index contributed by atoms with van der Waals surface area (Å²) in [5.41, 5.74) is 3.19. The summed E-state index contributed by atoms with van der Waals surface area (Å²) in [5.74, 6) is 0.0108. The van der Waals surface area contributed by atoms with Gasteiger partial charge in [0.05, 0.1) is 5.92 Å². The highest BCUT2D eigenvalue weighted by Gasteiger charge is 2.17. The van der Waals surface area contributed by atoms with Crippen LogP contribution in [0.4, 0.5) is 5.69 Å². The van der Waals surface area contributed by atoms with Gasteiger partial charge in [-0.05, 0) is 18.6 Å². The molecule has 0 radical (unpaired) electrons. The molecule has 1 unspecified atom stereocenters. The van der Waals surface area contributed by atoms with Crippen molar-refractivity contribution < 1.29 is 4.79 Å². The van der Waals surface area contributed by atoms with Gasteiger partial charge < -0.3 is 5.32 Å². The molecule has 0 saturated carbocycles. The molecular weight excluding hydrogens is 174 g/mol. The second kappa shape index (κ2) is 3.29. The monoisotopic (exact) mass is 187 g/mol. The standard InChI is InChI=1S/C12H13NO/c1-8-7-9(2)12(14)13-11-6-4-3-5-10(8)11/h3-7,9H,1-2H3,(H,13,14). The van der Waals surface area contributed by atoms with E-state index in [4.69, 9.17) is 0 Å². The van der Waals surface area contributed by atoms with Gasteiger partial charge in [0.2, 0.25) is 5.91 Å². The van der Waals surface area contributed by atoms with Gasteiger partial charge in [-0.15, -0.1) is 0 Å². The van der Waals surface area contributed by atoms with Gasteiger partial charge in [-0.1, -0.05) is 31.2 Å². The molecule has 0 bridgehead atoms. The van der Waals surface area contributed by atoms with E-state index in [2.05, 4.69) is 5.32 Å². The third-order valence-corrected chi connectivity index (χ3v) is 2.52. The van der Waals surface area contributed by atoms with Gasteiger partial charge in [0.1, 0.15) is 0 Å². The van der Waals surface area contributed by atoms with Crippen LogP contribution < -0.4 is 5.32 Å². The van der Waals surface area contributed by atoms with Crippen LogP contribution in [0.25, 0.3) is 5.57 Å². The Morgan fingerprint density at radius 2 is 2.00 bits per heavy atom. The van der Waals surface area contributed by atoms with Crippen LogP contribution in [-0.2, 0) is 4.79 Å². The second-order valence-electron chi connectivity index (χ2n) is 3.67. The zero-order chi connectivity index (χ0) is 10.1. The first-order chi connectivity index (χ1) is 6.68. The van der Waals surface area contributed by atoms with E-state index in [0.29, 0.717) is 0 Å². The third kappa shape index (κ3) is 1.43. The average molecular weight is 187 g/mol. The quantitative estimate of drug-likeness (QED) is 0.664. The van der Waals surface area contributed by atoms with E-state index in [1.807, 2.05) is 44.2 Å². The first-order valence-corrected chi connectivity index (χ1v) is 4.77. The lowest BCUT2D eigenvalue weighted by Crippen LogP contribution is -2.17. The number of carbonyl (C=O) groups is 1. The van der Waals surface area contributed by atoms with E-state index in [9.17, 15) is 4.79 Å². The van der Waals surface area contributed by atoms with Crippen LogP contribution in [0.1, 0.15) is 19.4 Å². The zero-order valence-electron chi connectivity index (χ0n) is 8.37. The molecule has 0 aromatic heterocycles. The Morgan fingerprint density at radius 3 is 2.79 bits per heavy atom. The summed E-state index contributed by atoms with van der Waals surface area (Å²) in [6.07, 6.45) is 2.00. The second-order valence-corrected chi connectivity index (χ2v) is 3.67. The lowest BCUT2D eigenvalue weighted by molar-refractivity contribution is -0.118. The molecule has 1 amide bonds. The maximum Gasteiger partial charge on any atom is 0.231 e. The van der Waals surface area contributed by atoms with Crippen molar-refractivity contribution >= 4 is 17.2 Å². The Bertz CT molecular complexity index is 407. The Morgan fingerprint density at radius 1 is 1.29 bits per heavy atom. The molecule has 1 N–H and O–H groups in total. The normalized spacial score (nSPS) is 20.6. The molecule has 0 fully saturated rings. The molecule has 1 aromatic rings. The fourth-order valence-corrected chi connectivity index (χ4v) is 1.72. The lowest BCUT2D eigenvalue weighted by Gasteiger charge is -2.07. The Balaban J connectivity index is 2.55. The number of hydrogen-bond donors (Lipinski definition) is 1.